The minimum Gasteiger partial charge on any atom is -0.291 e. The minimum atomic E-state index is -4.72. The monoisotopic (exact) mass is 266 g/mol. The Balaban J connectivity index is 2.53. The van der Waals surface area contributed by atoms with Crippen LogP contribution in [0.4, 0.5) is 22.0 Å². The van der Waals surface area contributed by atoms with Crippen LogP contribution in [0.15, 0.2) is 6.20 Å². The van der Waals surface area contributed by atoms with E-state index in [0.29, 0.717) is 9.25 Å². The van der Waals surface area contributed by atoms with Crippen LogP contribution in [-0.4, -0.2) is 24.5 Å². The highest BCUT2D eigenvalue weighted by molar-refractivity contribution is 5.18. The van der Waals surface area contributed by atoms with Crippen LogP contribution in [-0.2, 0) is 13.2 Å². The number of nitrogens with zero attached hydrogens (tertiary/aromatic N) is 5. The summed E-state index contributed by atoms with van der Waals surface area (Å²) >= 11 is 0. The quantitative estimate of drug-likeness (QED) is 0.778. The zero-order chi connectivity index (χ0) is 13.5. The SMILES string of the molecule is Cn1c(-n2nc[c]c2C(F)F)nnc1C(F)(F)F. The molecular formula is C8H5F5N5. The first-order valence-electron chi connectivity index (χ1n) is 4.53. The Kier molecular flexibility index (Phi) is 2.79. The van der Waals surface area contributed by atoms with E-state index in [1.165, 1.54) is 0 Å². The predicted molar refractivity (Wildman–Crippen MR) is 46.9 cm³/mol. The second kappa shape index (κ2) is 4.03. The van der Waals surface area contributed by atoms with Gasteiger partial charge in [-0.2, -0.15) is 23.0 Å². The molecule has 2 aromatic heterocycles. The van der Waals surface area contributed by atoms with E-state index in [-0.39, 0.29) is 0 Å². The molecule has 0 atom stereocenters. The zero-order valence-electron chi connectivity index (χ0n) is 8.78. The van der Waals surface area contributed by atoms with Crippen LogP contribution >= 0.6 is 0 Å². The molecule has 0 N–H and O–H groups in total. The fraction of sp³-hybridized carbons (Fsp3) is 0.375. The van der Waals surface area contributed by atoms with E-state index in [0.717, 1.165) is 13.2 Å². The molecule has 2 rings (SSSR count). The van der Waals surface area contributed by atoms with Crippen LogP contribution in [0.5, 0.6) is 0 Å². The number of hydrogen-bond donors (Lipinski definition) is 0. The largest absolute Gasteiger partial charge is 0.451 e. The molecule has 18 heavy (non-hydrogen) atoms. The molecule has 2 aromatic rings. The summed E-state index contributed by atoms with van der Waals surface area (Å²) in [7, 11) is 1.01. The van der Waals surface area contributed by atoms with Crippen molar-refractivity contribution in [1.29, 1.82) is 0 Å². The normalized spacial score (nSPS) is 12.4. The molecule has 0 aliphatic heterocycles. The summed E-state index contributed by atoms with van der Waals surface area (Å²) in [5.41, 5.74) is -0.681. The summed E-state index contributed by atoms with van der Waals surface area (Å²) in [6.45, 7) is 0. The third-order valence-electron chi connectivity index (χ3n) is 2.12. The Labute approximate surface area is 96.8 Å². The zero-order valence-corrected chi connectivity index (χ0v) is 8.78. The van der Waals surface area contributed by atoms with E-state index >= 15 is 0 Å². The van der Waals surface area contributed by atoms with Crippen molar-refractivity contribution in [1.82, 2.24) is 24.5 Å². The highest BCUT2D eigenvalue weighted by Crippen LogP contribution is 2.28. The molecule has 0 fully saturated rings. The van der Waals surface area contributed by atoms with Crippen molar-refractivity contribution in [3.63, 3.8) is 0 Å². The number of hydrogen-bond acceptors (Lipinski definition) is 3. The third-order valence-corrected chi connectivity index (χ3v) is 2.12. The summed E-state index contributed by atoms with van der Waals surface area (Å²) in [4.78, 5) is 0. The lowest BCUT2D eigenvalue weighted by Crippen LogP contribution is -2.15. The number of alkyl halides is 5. The standard InChI is InChI=1S/C8H5F5N5/c1-17-6(8(11,12)13)15-16-7(17)18-4(5(9)10)2-3-14-18/h3,5H,1H3. The molecule has 5 nitrogen and oxygen atoms in total. The summed E-state index contributed by atoms with van der Waals surface area (Å²) in [5, 5.41) is 9.57. The maximum atomic E-state index is 12.5. The van der Waals surface area contributed by atoms with Gasteiger partial charge in [-0.25, -0.2) is 8.78 Å². The van der Waals surface area contributed by atoms with Crippen molar-refractivity contribution in [3.05, 3.63) is 23.8 Å². The van der Waals surface area contributed by atoms with E-state index in [2.05, 4.69) is 21.4 Å². The van der Waals surface area contributed by atoms with E-state index in [1.807, 2.05) is 0 Å². The molecule has 10 heteroatoms. The summed E-state index contributed by atoms with van der Waals surface area (Å²) in [5.74, 6) is -1.76. The molecule has 0 bridgehead atoms. The molecule has 0 amide bonds. The van der Waals surface area contributed by atoms with Gasteiger partial charge in [0.1, 0.15) is 5.69 Å². The van der Waals surface area contributed by atoms with E-state index in [4.69, 9.17) is 0 Å². The number of halogens is 5. The topological polar surface area (TPSA) is 48.5 Å². The first kappa shape index (κ1) is 12.5. The fourth-order valence-corrected chi connectivity index (χ4v) is 1.34. The Morgan fingerprint density at radius 3 is 2.44 bits per heavy atom. The first-order valence-corrected chi connectivity index (χ1v) is 4.53. The molecule has 1 radical (unpaired) electrons. The van der Waals surface area contributed by atoms with Gasteiger partial charge < -0.3 is 0 Å². The molecule has 0 aromatic carbocycles. The van der Waals surface area contributed by atoms with E-state index in [9.17, 15) is 22.0 Å². The fourth-order valence-electron chi connectivity index (χ4n) is 1.34. The average molecular weight is 266 g/mol. The van der Waals surface area contributed by atoms with Crippen LogP contribution in [0, 0.1) is 6.07 Å². The maximum absolute atomic E-state index is 12.5. The lowest BCUT2D eigenvalue weighted by Gasteiger charge is -2.08. The van der Waals surface area contributed by atoms with Crippen LogP contribution < -0.4 is 0 Å². The van der Waals surface area contributed by atoms with Crippen molar-refractivity contribution in [2.24, 2.45) is 7.05 Å². The average Bonchev–Trinajstić information content (AvgIpc) is 2.81. The van der Waals surface area contributed by atoms with Crippen molar-refractivity contribution in [2.45, 2.75) is 12.6 Å². The van der Waals surface area contributed by atoms with Gasteiger partial charge in [-0.1, -0.05) is 0 Å². The summed E-state index contributed by atoms with van der Waals surface area (Å²) < 4.78 is 63.6. The third kappa shape index (κ3) is 1.93. The van der Waals surface area contributed by atoms with Gasteiger partial charge in [0.2, 0.25) is 5.82 Å². The maximum Gasteiger partial charge on any atom is 0.451 e. The number of aromatic nitrogens is 5. The van der Waals surface area contributed by atoms with Crippen molar-refractivity contribution >= 4 is 0 Å². The van der Waals surface area contributed by atoms with Crippen molar-refractivity contribution < 1.29 is 22.0 Å². The summed E-state index contributed by atoms with van der Waals surface area (Å²) in [6, 6.07) is 2.12. The van der Waals surface area contributed by atoms with Crippen LogP contribution in [0.25, 0.3) is 5.95 Å². The molecule has 0 unspecified atom stereocenters. The van der Waals surface area contributed by atoms with Crippen LogP contribution in [0.3, 0.4) is 0 Å². The van der Waals surface area contributed by atoms with Gasteiger partial charge >= 0.3 is 6.18 Å². The van der Waals surface area contributed by atoms with Gasteiger partial charge in [0.25, 0.3) is 12.4 Å². The molecule has 97 valence electrons. The molecule has 0 spiro atoms. The second-order valence-electron chi connectivity index (χ2n) is 3.27. The van der Waals surface area contributed by atoms with Crippen LogP contribution in [0.2, 0.25) is 0 Å². The second-order valence-corrected chi connectivity index (χ2v) is 3.27. The smallest absolute Gasteiger partial charge is 0.291 e. The predicted octanol–water partition coefficient (Wildman–Crippen LogP) is 1.76. The van der Waals surface area contributed by atoms with Crippen molar-refractivity contribution in [3.8, 4) is 5.95 Å². The van der Waals surface area contributed by atoms with Gasteiger partial charge in [0.15, 0.2) is 0 Å². The molecule has 2 heterocycles. The Morgan fingerprint density at radius 1 is 1.28 bits per heavy atom. The lowest BCUT2D eigenvalue weighted by atomic mass is 10.4. The van der Waals surface area contributed by atoms with Crippen LogP contribution in [0.1, 0.15) is 17.9 Å². The van der Waals surface area contributed by atoms with Gasteiger partial charge in [0, 0.05) is 13.1 Å². The first-order chi connectivity index (χ1) is 8.32. The van der Waals surface area contributed by atoms with E-state index in [1.54, 1.807) is 0 Å². The lowest BCUT2D eigenvalue weighted by molar-refractivity contribution is -0.147. The molecule has 0 saturated heterocycles. The Hall–Kier alpha value is -2.00. The van der Waals surface area contributed by atoms with Gasteiger partial charge in [0.05, 0.1) is 6.20 Å². The minimum absolute atomic E-state index is 0.459. The number of rotatable bonds is 2. The molecule has 0 saturated carbocycles. The van der Waals surface area contributed by atoms with Gasteiger partial charge in [-0.3, -0.25) is 4.57 Å². The van der Waals surface area contributed by atoms with Gasteiger partial charge in [-0.05, 0) is 0 Å². The van der Waals surface area contributed by atoms with Crippen molar-refractivity contribution in [2.75, 3.05) is 0 Å². The molecule has 0 aliphatic carbocycles. The summed E-state index contributed by atoms with van der Waals surface area (Å²) in [6.07, 6.45) is -6.73. The highest BCUT2D eigenvalue weighted by atomic mass is 19.4. The van der Waals surface area contributed by atoms with E-state index < -0.39 is 30.1 Å². The molecular weight excluding hydrogens is 261 g/mol. The van der Waals surface area contributed by atoms with Gasteiger partial charge in [-0.15, -0.1) is 10.2 Å². The molecule has 0 aliphatic rings. The Morgan fingerprint density at radius 2 is 1.94 bits per heavy atom. The highest BCUT2D eigenvalue weighted by Gasteiger charge is 2.38. The Bertz CT molecular complexity index is 554.